The summed E-state index contributed by atoms with van der Waals surface area (Å²) in [6.07, 6.45) is 1.96. The Morgan fingerprint density at radius 3 is 1.87 bits per heavy atom. The molecule has 0 fully saturated rings. The molecular weight excluding hydrogens is 392 g/mol. The maximum atomic E-state index is 11.9. The van der Waals surface area contributed by atoms with E-state index in [1.54, 1.807) is 27.3 Å². The lowest BCUT2D eigenvalue weighted by molar-refractivity contribution is -0.142. The third kappa shape index (κ3) is 6.47. The highest BCUT2D eigenvalue weighted by atomic mass is 16.5. The van der Waals surface area contributed by atoms with E-state index in [-0.39, 0.29) is 12.4 Å². The molecule has 0 saturated heterocycles. The normalized spacial score (nSPS) is 10.4. The van der Waals surface area contributed by atoms with Crippen LogP contribution in [0.4, 0.5) is 5.82 Å². The number of anilines is 1. The summed E-state index contributed by atoms with van der Waals surface area (Å²) in [5.74, 6) is 2.20. The summed E-state index contributed by atoms with van der Waals surface area (Å²) in [5, 5.41) is 0. The third-order valence-corrected chi connectivity index (χ3v) is 4.85. The second-order valence-corrected chi connectivity index (χ2v) is 7.06. The van der Waals surface area contributed by atoms with Gasteiger partial charge in [0.1, 0.15) is 17.3 Å². The van der Waals surface area contributed by atoms with Crippen molar-refractivity contribution in [3.05, 3.63) is 83.6 Å². The molecule has 0 radical (unpaired) electrons. The van der Waals surface area contributed by atoms with Crippen molar-refractivity contribution in [3.63, 3.8) is 0 Å². The fourth-order valence-corrected chi connectivity index (χ4v) is 3.24. The van der Waals surface area contributed by atoms with Crippen LogP contribution in [0.5, 0.6) is 11.5 Å². The van der Waals surface area contributed by atoms with Crippen LogP contribution in [-0.2, 0) is 29.0 Å². The molecule has 0 saturated carbocycles. The molecule has 3 aromatic rings. The summed E-state index contributed by atoms with van der Waals surface area (Å²) in [7, 11) is 3.31. The number of hydrogen-bond acceptors (Lipinski definition) is 6. The summed E-state index contributed by atoms with van der Waals surface area (Å²) in [5.41, 5.74) is 3.14. The summed E-state index contributed by atoms with van der Waals surface area (Å²) in [6.45, 7) is 3.50. The molecule has 6 nitrogen and oxygen atoms in total. The molecule has 0 atom stereocenters. The standard InChI is InChI=1S/C25H28N2O4/c1-4-31-25(28)16-21-13-14-26-24(15-21)27(17-19-5-9-22(29-2)10-6-19)18-20-7-11-23(30-3)12-8-20/h5-15H,4,16-18H2,1-3H3. The zero-order valence-electron chi connectivity index (χ0n) is 18.2. The average Bonchev–Trinajstić information content (AvgIpc) is 2.80. The zero-order chi connectivity index (χ0) is 22.1. The van der Waals surface area contributed by atoms with Crippen LogP contribution < -0.4 is 14.4 Å². The molecule has 3 rings (SSSR count). The van der Waals surface area contributed by atoms with E-state index in [1.807, 2.05) is 60.7 Å². The maximum Gasteiger partial charge on any atom is 0.310 e. The van der Waals surface area contributed by atoms with E-state index < -0.39 is 0 Å². The second-order valence-electron chi connectivity index (χ2n) is 7.06. The van der Waals surface area contributed by atoms with Crippen LogP contribution in [0.25, 0.3) is 0 Å². The van der Waals surface area contributed by atoms with Gasteiger partial charge in [0.25, 0.3) is 0 Å². The number of carbonyl (C=O) groups excluding carboxylic acids is 1. The Balaban J connectivity index is 1.85. The monoisotopic (exact) mass is 420 g/mol. The van der Waals surface area contributed by atoms with Gasteiger partial charge in [-0.05, 0) is 60.0 Å². The number of esters is 1. The molecule has 1 aromatic heterocycles. The lowest BCUT2D eigenvalue weighted by atomic mass is 10.1. The fourth-order valence-electron chi connectivity index (χ4n) is 3.24. The number of methoxy groups -OCH3 is 2. The number of hydrogen-bond donors (Lipinski definition) is 0. The number of benzene rings is 2. The third-order valence-electron chi connectivity index (χ3n) is 4.85. The Hall–Kier alpha value is -3.54. The molecule has 1 heterocycles. The summed E-state index contributed by atoms with van der Waals surface area (Å²) < 4.78 is 15.6. The van der Waals surface area contributed by atoms with E-state index in [4.69, 9.17) is 14.2 Å². The first-order chi connectivity index (χ1) is 15.1. The van der Waals surface area contributed by atoms with Crippen molar-refractivity contribution in [1.82, 2.24) is 4.98 Å². The van der Waals surface area contributed by atoms with Gasteiger partial charge in [-0.1, -0.05) is 24.3 Å². The van der Waals surface area contributed by atoms with Gasteiger partial charge in [0.2, 0.25) is 0 Å². The number of pyridine rings is 1. The van der Waals surface area contributed by atoms with Crippen molar-refractivity contribution in [3.8, 4) is 11.5 Å². The minimum Gasteiger partial charge on any atom is -0.497 e. The molecule has 0 aliphatic carbocycles. The molecule has 0 aliphatic rings. The van der Waals surface area contributed by atoms with Gasteiger partial charge in [-0.25, -0.2) is 4.98 Å². The summed E-state index contributed by atoms with van der Waals surface area (Å²) in [4.78, 5) is 18.7. The molecule has 0 bridgehead atoms. The summed E-state index contributed by atoms with van der Waals surface area (Å²) >= 11 is 0. The molecule has 0 amide bonds. The van der Waals surface area contributed by atoms with E-state index in [1.165, 1.54) is 0 Å². The molecular formula is C25H28N2O4. The van der Waals surface area contributed by atoms with Crippen LogP contribution in [0.2, 0.25) is 0 Å². The lowest BCUT2D eigenvalue weighted by Crippen LogP contribution is -2.23. The number of nitrogens with zero attached hydrogens (tertiary/aromatic N) is 2. The number of aromatic nitrogens is 1. The van der Waals surface area contributed by atoms with Gasteiger partial charge >= 0.3 is 5.97 Å². The van der Waals surface area contributed by atoms with Gasteiger partial charge in [-0.15, -0.1) is 0 Å². The van der Waals surface area contributed by atoms with Crippen molar-refractivity contribution >= 4 is 11.8 Å². The van der Waals surface area contributed by atoms with Crippen LogP contribution in [-0.4, -0.2) is 31.8 Å². The van der Waals surface area contributed by atoms with Crippen LogP contribution in [0.1, 0.15) is 23.6 Å². The van der Waals surface area contributed by atoms with Crippen molar-refractivity contribution in [2.45, 2.75) is 26.4 Å². The van der Waals surface area contributed by atoms with E-state index in [0.717, 1.165) is 34.0 Å². The summed E-state index contributed by atoms with van der Waals surface area (Å²) in [6, 6.07) is 19.8. The number of ether oxygens (including phenoxy) is 3. The van der Waals surface area contributed by atoms with Crippen molar-refractivity contribution < 1.29 is 19.0 Å². The van der Waals surface area contributed by atoms with E-state index in [2.05, 4.69) is 9.88 Å². The number of carbonyl (C=O) groups is 1. The van der Waals surface area contributed by atoms with Crippen LogP contribution in [0, 0.1) is 0 Å². The molecule has 2 aromatic carbocycles. The average molecular weight is 421 g/mol. The van der Waals surface area contributed by atoms with Crippen LogP contribution in [0.3, 0.4) is 0 Å². The molecule has 31 heavy (non-hydrogen) atoms. The quantitative estimate of drug-likeness (QED) is 0.453. The fraction of sp³-hybridized carbons (Fsp3) is 0.280. The highest BCUT2D eigenvalue weighted by molar-refractivity contribution is 5.72. The SMILES string of the molecule is CCOC(=O)Cc1ccnc(N(Cc2ccc(OC)cc2)Cc2ccc(OC)cc2)c1. The van der Waals surface area contributed by atoms with Crippen LogP contribution in [0.15, 0.2) is 66.9 Å². The molecule has 0 aliphatic heterocycles. The van der Waals surface area contributed by atoms with E-state index in [0.29, 0.717) is 19.7 Å². The minimum atomic E-state index is -0.239. The van der Waals surface area contributed by atoms with Gasteiger partial charge in [0, 0.05) is 19.3 Å². The Morgan fingerprint density at radius 1 is 0.839 bits per heavy atom. The predicted octanol–water partition coefficient (Wildman–Crippen LogP) is 4.41. The number of rotatable bonds is 10. The molecule has 0 N–H and O–H groups in total. The molecule has 0 unspecified atom stereocenters. The van der Waals surface area contributed by atoms with Gasteiger partial charge in [0.05, 0.1) is 27.2 Å². The van der Waals surface area contributed by atoms with Crippen LogP contribution >= 0.6 is 0 Å². The first kappa shape index (κ1) is 22.2. The Bertz CT molecular complexity index is 922. The molecule has 6 heteroatoms. The smallest absolute Gasteiger partial charge is 0.310 e. The largest absolute Gasteiger partial charge is 0.497 e. The van der Waals surface area contributed by atoms with Gasteiger partial charge in [-0.2, -0.15) is 0 Å². The molecule has 0 spiro atoms. The second kappa shape index (κ2) is 11.0. The topological polar surface area (TPSA) is 60.9 Å². The highest BCUT2D eigenvalue weighted by Crippen LogP contribution is 2.22. The predicted molar refractivity (Wildman–Crippen MR) is 120 cm³/mol. The van der Waals surface area contributed by atoms with Gasteiger partial charge < -0.3 is 19.1 Å². The van der Waals surface area contributed by atoms with Crippen molar-refractivity contribution in [2.75, 3.05) is 25.7 Å². The Kier molecular flexibility index (Phi) is 7.87. The maximum absolute atomic E-state index is 11.9. The van der Waals surface area contributed by atoms with Crippen molar-refractivity contribution in [2.24, 2.45) is 0 Å². The van der Waals surface area contributed by atoms with E-state index >= 15 is 0 Å². The molecule has 162 valence electrons. The van der Waals surface area contributed by atoms with Gasteiger partial charge in [0.15, 0.2) is 0 Å². The highest BCUT2D eigenvalue weighted by Gasteiger charge is 2.13. The van der Waals surface area contributed by atoms with Gasteiger partial charge in [-0.3, -0.25) is 4.79 Å². The lowest BCUT2D eigenvalue weighted by Gasteiger charge is -2.25. The first-order valence-corrected chi connectivity index (χ1v) is 10.2. The van der Waals surface area contributed by atoms with Crippen molar-refractivity contribution in [1.29, 1.82) is 0 Å². The van der Waals surface area contributed by atoms with E-state index in [9.17, 15) is 4.79 Å². The Morgan fingerprint density at radius 2 is 1.39 bits per heavy atom. The minimum absolute atomic E-state index is 0.224. The first-order valence-electron chi connectivity index (χ1n) is 10.2. The zero-order valence-corrected chi connectivity index (χ0v) is 18.2. The Labute approximate surface area is 183 Å².